The Kier molecular flexibility index (Phi) is 4.36. The molecular formula is C12H13F2NO3. The van der Waals surface area contributed by atoms with Crippen molar-refractivity contribution in [2.45, 2.75) is 25.8 Å². The van der Waals surface area contributed by atoms with Gasteiger partial charge in [0, 0.05) is 5.56 Å². The average molecular weight is 257 g/mol. The van der Waals surface area contributed by atoms with Crippen molar-refractivity contribution in [3.8, 4) is 0 Å². The molecule has 0 heterocycles. The average Bonchev–Trinajstić information content (AvgIpc) is 2.28. The molecule has 1 rings (SSSR count). The van der Waals surface area contributed by atoms with Crippen LogP contribution >= 0.6 is 0 Å². The van der Waals surface area contributed by atoms with Crippen LogP contribution in [-0.2, 0) is 9.59 Å². The quantitative estimate of drug-likeness (QED) is 0.862. The zero-order valence-electron chi connectivity index (χ0n) is 9.91. The maximum Gasteiger partial charge on any atom is 0.325 e. The Bertz CT molecular complexity index is 456. The van der Waals surface area contributed by atoms with E-state index >= 15 is 0 Å². The SMILES string of the molecule is CC(NC(=O)C(C)c1c(F)cccc1F)C(=O)O. The second kappa shape index (κ2) is 5.57. The number of benzene rings is 1. The van der Waals surface area contributed by atoms with Gasteiger partial charge in [-0.05, 0) is 26.0 Å². The van der Waals surface area contributed by atoms with Gasteiger partial charge < -0.3 is 10.4 Å². The van der Waals surface area contributed by atoms with Crippen LogP contribution in [0.1, 0.15) is 25.3 Å². The molecule has 0 radical (unpaired) electrons. The van der Waals surface area contributed by atoms with E-state index < -0.39 is 35.5 Å². The third kappa shape index (κ3) is 3.03. The Morgan fingerprint density at radius 3 is 2.17 bits per heavy atom. The van der Waals surface area contributed by atoms with E-state index in [4.69, 9.17) is 5.11 Å². The molecule has 2 unspecified atom stereocenters. The van der Waals surface area contributed by atoms with E-state index in [9.17, 15) is 18.4 Å². The topological polar surface area (TPSA) is 66.4 Å². The molecule has 0 bridgehead atoms. The summed E-state index contributed by atoms with van der Waals surface area (Å²) in [5.41, 5.74) is -0.368. The molecule has 2 atom stereocenters. The molecule has 4 nitrogen and oxygen atoms in total. The number of halogens is 2. The predicted molar refractivity (Wildman–Crippen MR) is 60.0 cm³/mol. The Morgan fingerprint density at radius 2 is 1.72 bits per heavy atom. The van der Waals surface area contributed by atoms with Crippen molar-refractivity contribution in [1.29, 1.82) is 0 Å². The van der Waals surface area contributed by atoms with Crippen LogP contribution in [0, 0.1) is 11.6 Å². The van der Waals surface area contributed by atoms with Gasteiger partial charge in [-0.25, -0.2) is 8.78 Å². The molecule has 0 aromatic heterocycles. The van der Waals surface area contributed by atoms with Gasteiger partial charge in [0.15, 0.2) is 0 Å². The summed E-state index contributed by atoms with van der Waals surface area (Å²) in [5.74, 6) is -4.73. The Hall–Kier alpha value is -1.98. The van der Waals surface area contributed by atoms with E-state index in [0.717, 1.165) is 12.1 Å². The predicted octanol–water partition coefficient (Wildman–Crippen LogP) is 1.66. The van der Waals surface area contributed by atoms with Crippen molar-refractivity contribution in [3.05, 3.63) is 35.4 Å². The van der Waals surface area contributed by atoms with E-state index in [1.54, 1.807) is 0 Å². The first-order chi connectivity index (χ1) is 8.34. The zero-order chi connectivity index (χ0) is 13.9. The molecule has 98 valence electrons. The molecule has 0 saturated heterocycles. The van der Waals surface area contributed by atoms with Crippen LogP contribution < -0.4 is 5.32 Å². The van der Waals surface area contributed by atoms with Gasteiger partial charge in [-0.2, -0.15) is 0 Å². The summed E-state index contributed by atoms with van der Waals surface area (Å²) in [7, 11) is 0. The summed E-state index contributed by atoms with van der Waals surface area (Å²) in [6.45, 7) is 2.58. The number of carbonyl (C=O) groups is 2. The minimum atomic E-state index is -1.22. The number of aliphatic carboxylic acids is 1. The minimum Gasteiger partial charge on any atom is -0.480 e. The molecular weight excluding hydrogens is 244 g/mol. The lowest BCUT2D eigenvalue weighted by atomic mass is 9.98. The summed E-state index contributed by atoms with van der Waals surface area (Å²) in [6.07, 6.45) is 0. The number of hydrogen-bond donors (Lipinski definition) is 2. The number of hydrogen-bond acceptors (Lipinski definition) is 2. The second-order valence-corrected chi connectivity index (χ2v) is 3.93. The fourth-order valence-electron chi connectivity index (χ4n) is 1.46. The van der Waals surface area contributed by atoms with Gasteiger partial charge in [0.05, 0.1) is 5.92 Å². The molecule has 18 heavy (non-hydrogen) atoms. The number of carboxylic acid groups (broad SMARTS) is 1. The highest BCUT2D eigenvalue weighted by Crippen LogP contribution is 2.22. The van der Waals surface area contributed by atoms with Crippen molar-refractivity contribution >= 4 is 11.9 Å². The highest BCUT2D eigenvalue weighted by molar-refractivity contribution is 5.87. The second-order valence-electron chi connectivity index (χ2n) is 3.93. The van der Waals surface area contributed by atoms with Crippen molar-refractivity contribution < 1.29 is 23.5 Å². The Labute approximate surface area is 103 Å². The van der Waals surface area contributed by atoms with Crippen molar-refractivity contribution in [3.63, 3.8) is 0 Å². The van der Waals surface area contributed by atoms with Gasteiger partial charge in [0.1, 0.15) is 17.7 Å². The van der Waals surface area contributed by atoms with Crippen molar-refractivity contribution in [2.75, 3.05) is 0 Å². The lowest BCUT2D eigenvalue weighted by Crippen LogP contribution is -2.40. The third-order valence-electron chi connectivity index (χ3n) is 2.56. The molecule has 0 spiro atoms. The molecule has 0 saturated carbocycles. The summed E-state index contributed by atoms with van der Waals surface area (Å²) >= 11 is 0. The van der Waals surface area contributed by atoms with Gasteiger partial charge >= 0.3 is 5.97 Å². The number of carboxylic acids is 1. The minimum absolute atomic E-state index is 0.368. The van der Waals surface area contributed by atoms with Gasteiger partial charge in [0.25, 0.3) is 0 Å². The highest BCUT2D eigenvalue weighted by Gasteiger charge is 2.24. The van der Waals surface area contributed by atoms with Gasteiger partial charge in [-0.15, -0.1) is 0 Å². The maximum atomic E-state index is 13.4. The molecule has 0 fully saturated rings. The van der Waals surface area contributed by atoms with Crippen molar-refractivity contribution in [1.82, 2.24) is 5.32 Å². The standard InChI is InChI=1S/C12H13F2NO3/c1-6(11(16)15-7(2)12(17)18)10-8(13)4-3-5-9(10)14/h3-7H,1-2H3,(H,15,16)(H,17,18). The fourth-order valence-corrected chi connectivity index (χ4v) is 1.46. The Morgan fingerprint density at radius 1 is 1.22 bits per heavy atom. The summed E-state index contributed by atoms with van der Waals surface area (Å²) in [5, 5.41) is 10.8. The summed E-state index contributed by atoms with van der Waals surface area (Å²) in [4.78, 5) is 22.2. The van der Waals surface area contributed by atoms with Crippen molar-refractivity contribution in [2.24, 2.45) is 0 Å². The molecule has 6 heteroatoms. The third-order valence-corrected chi connectivity index (χ3v) is 2.56. The van der Waals surface area contributed by atoms with E-state index in [1.807, 2.05) is 0 Å². The molecule has 1 amide bonds. The summed E-state index contributed by atoms with van der Waals surface area (Å²) < 4.78 is 26.8. The fraction of sp³-hybridized carbons (Fsp3) is 0.333. The van der Waals surface area contributed by atoms with E-state index in [-0.39, 0.29) is 5.56 Å². The molecule has 1 aromatic carbocycles. The molecule has 2 N–H and O–H groups in total. The number of nitrogens with one attached hydrogen (secondary N) is 1. The van der Waals surface area contributed by atoms with E-state index in [0.29, 0.717) is 0 Å². The van der Waals surface area contributed by atoms with Crippen LogP contribution in [0.15, 0.2) is 18.2 Å². The van der Waals surface area contributed by atoms with E-state index in [1.165, 1.54) is 19.9 Å². The highest BCUT2D eigenvalue weighted by atomic mass is 19.1. The Balaban J connectivity index is 2.90. The zero-order valence-corrected chi connectivity index (χ0v) is 9.91. The lowest BCUT2D eigenvalue weighted by Gasteiger charge is -2.16. The van der Waals surface area contributed by atoms with Crippen LogP contribution in [0.5, 0.6) is 0 Å². The number of amides is 1. The van der Waals surface area contributed by atoms with E-state index in [2.05, 4.69) is 5.32 Å². The van der Waals surface area contributed by atoms with Gasteiger partial charge in [0.2, 0.25) is 5.91 Å². The first kappa shape index (κ1) is 14.1. The summed E-state index contributed by atoms with van der Waals surface area (Å²) in [6, 6.07) is 2.17. The lowest BCUT2D eigenvalue weighted by molar-refractivity contribution is -0.141. The normalized spacial score (nSPS) is 13.8. The smallest absolute Gasteiger partial charge is 0.325 e. The largest absolute Gasteiger partial charge is 0.480 e. The number of carbonyl (C=O) groups excluding carboxylic acids is 1. The first-order valence-corrected chi connectivity index (χ1v) is 5.31. The molecule has 0 aliphatic heterocycles. The van der Waals surface area contributed by atoms with Crippen LogP contribution in [0.3, 0.4) is 0 Å². The van der Waals surface area contributed by atoms with Crippen LogP contribution in [-0.4, -0.2) is 23.0 Å². The van der Waals surface area contributed by atoms with Crippen LogP contribution in [0.4, 0.5) is 8.78 Å². The van der Waals surface area contributed by atoms with Crippen LogP contribution in [0.2, 0.25) is 0 Å². The number of rotatable bonds is 4. The van der Waals surface area contributed by atoms with Gasteiger partial charge in [-0.3, -0.25) is 9.59 Å². The van der Waals surface area contributed by atoms with Gasteiger partial charge in [-0.1, -0.05) is 6.07 Å². The first-order valence-electron chi connectivity index (χ1n) is 5.31. The maximum absolute atomic E-state index is 13.4. The van der Waals surface area contributed by atoms with Crippen LogP contribution in [0.25, 0.3) is 0 Å². The monoisotopic (exact) mass is 257 g/mol. The molecule has 1 aromatic rings. The molecule has 0 aliphatic rings. The molecule has 0 aliphatic carbocycles.